The summed E-state index contributed by atoms with van der Waals surface area (Å²) in [5, 5.41) is 0. The van der Waals surface area contributed by atoms with Crippen LogP contribution in [0.1, 0.15) is 219 Å². The van der Waals surface area contributed by atoms with Crippen LogP contribution in [-0.4, -0.2) is 43.9 Å². The van der Waals surface area contributed by atoms with Crippen molar-refractivity contribution in [1.29, 1.82) is 0 Å². The molecule has 0 saturated carbocycles. The Balaban J connectivity index is 3.04. The van der Waals surface area contributed by atoms with Crippen LogP contribution in [-0.2, 0) is 6.54 Å². The lowest BCUT2D eigenvalue weighted by Crippen LogP contribution is -2.48. The standard InChI is InChI=1S/C52H88NO3/c1-7-13-16-19-22-25-28-31-34-37-43-54-50-46-49(48-53(40-10-4,41-11-5)42-12-6)47-51(55-44-38-35-32-29-26-23-20-17-14-8-2)52(50)56-45-39-36-33-30-27-24-21-18-15-9-3/h4-6,46-47H,7-9,13-45,48H2,1-3H3/q+1. The molecule has 0 aromatic heterocycles. The van der Waals surface area contributed by atoms with E-state index in [1.165, 1.54) is 173 Å². The molecule has 0 radical (unpaired) electrons. The second kappa shape index (κ2) is 37.8. The number of unbranched alkanes of at least 4 members (excludes halogenated alkanes) is 27. The van der Waals surface area contributed by atoms with E-state index >= 15 is 0 Å². The molecule has 1 aromatic rings. The summed E-state index contributed by atoms with van der Waals surface area (Å²) in [7, 11) is 0. The lowest BCUT2D eigenvalue weighted by Gasteiger charge is -2.34. The third-order valence-electron chi connectivity index (χ3n) is 11.1. The van der Waals surface area contributed by atoms with Gasteiger partial charge in [0.25, 0.3) is 0 Å². The largest absolute Gasteiger partial charge is 0.490 e. The molecule has 0 aliphatic carbocycles. The van der Waals surface area contributed by atoms with E-state index in [1.54, 1.807) is 0 Å². The first kappa shape index (κ1) is 51.3. The highest BCUT2D eigenvalue weighted by molar-refractivity contribution is 5.54. The minimum Gasteiger partial charge on any atom is -0.490 e. The van der Waals surface area contributed by atoms with Gasteiger partial charge in [-0.2, -0.15) is 0 Å². The van der Waals surface area contributed by atoms with Gasteiger partial charge in [-0.1, -0.05) is 194 Å². The lowest BCUT2D eigenvalue weighted by atomic mass is 10.1. The third kappa shape index (κ3) is 27.0. The van der Waals surface area contributed by atoms with E-state index in [0.29, 0.717) is 50.5 Å². The number of ether oxygens (including phenoxy) is 3. The number of rotatable bonds is 41. The molecule has 0 N–H and O–H groups in total. The molecule has 56 heavy (non-hydrogen) atoms. The van der Waals surface area contributed by atoms with Crippen molar-refractivity contribution in [3.8, 4) is 54.3 Å². The Morgan fingerprint density at radius 2 is 0.661 bits per heavy atom. The fourth-order valence-electron chi connectivity index (χ4n) is 7.69. The van der Waals surface area contributed by atoms with Gasteiger partial charge in [0.15, 0.2) is 11.5 Å². The van der Waals surface area contributed by atoms with E-state index in [9.17, 15) is 0 Å². The van der Waals surface area contributed by atoms with Crippen molar-refractivity contribution in [3.05, 3.63) is 17.7 Å². The van der Waals surface area contributed by atoms with Crippen LogP contribution in [0.25, 0.3) is 0 Å². The van der Waals surface area contributed by atoms with Gasteiger partial charge < -0.3 is 14.2 Å². The minimum atomic E-state index is 0.443. The van der Waals surface area contributed by atoms with Crippen LogP contribution in [0.4, 0.5) is 0 Å². The Morgan fingerprint density at radius 1 is 0.393 bits per heavy atom. The fraction of sp³-hybridized carbons (Fsp3) is 0.769. The fourth-order valence-corrected chi connectivity index (χ4v) is 7.69. The number of benzene rings is 1. The Kier molecular flexibility index (Phi) is 34.6. The zero-order valence-corrected chi connectivity index (χ0v) is 37.2. The molecular formula is C52H88NO3+. The molecule has 318 valence electrons. The first-order chi connectivity index (χ1) is 27.6. The zero-order valence-electron chi connectivity index (χ0n) is 37.2. The molecule has 0 aliphatic rings. The second-order valence-corrected chi connectivity index (χ2v) is 16.6. The molecule has 0 heterocycles. The third-order valence-corrected chi connectivity index (χ3v) is 11.1. The molecule has 0 spiro atoms. The lowest BCUT2D eigenvalue weighted by molar-refractivity contribution is -0.921. The van der Waals surface area contributed by atoms with Crippen molar-refractivity contribution in [2.24, 2.45) is 0 Å². The van der Waals surface area contributed by atoms with Gasteiger partial charge in [0.2, 0.25) is 5.75 Å². The van der Waals surface area contributed by atoms with Gasteiger partial charge in [-0.05, 0) is 49.2 Å². The predicted molar refractivity (Wildman–Crippen MR) is 244 cm³/mol. The Labute approximate surface area is 349 Å². The summed E-state index contributed by atoms with van der Waals surface area (Å²) >= 11 is 0. The van der Waals surface area contributed by atoms with Crippen molar-refractivity contribution < 1.29 is 18.7 Å². The van der Waals surface area contributed by atoms with Gasteiger partial charge in [-0.25, -0.2) is 0 Å². The quantitative estimate of drug-likeness (QED) is 0.0377. The monoisotopic (exact) mass is 775 g/mol. The maximum atomic E-state index is 6.62. The number of nitrogens with zero attached hydrogens (tertiary/aromatic N) is 1. The van der Waals surface area contributed by atoms with Crippen molar-refractivity contribution in [2.75, 3.05) is 39.5 Å². The van der Waals surface area contributed by atoms with Crippen molar-refractivity contribution in [1.82, 2.24) is 0 Å². The van der Waals surface area contributed by atoms with Gasteiger partial charge in [-0.15, -0.1) is 19.3 Å². The van der Waals surface area contributed by atoms with Gasteiger partial charge >= 0.3 is 0 Å². The average molecular weight is 775 g/mol. The molecular weight excluding hydrogens is 687 g/mol. The summed E-state index contributed by atoms with van der Waals surface area (Å²) in [5.74, 6) is 10.8. The number of terminal acetylenes is 3. The zero-order chi connectivity index (χ0) is 40.6. The Bertz CT molecular complexity index is 1080. The SMILES string of the molecule is C#CC[N+](CC#C)(CC#C)Cc1cc(OCCCCCCCCCCCC)c(OCCCCCCCCCCCC)c(OCCCCCCCCCCCC)c1. The minimum absolute atomic E-state index is 0.443. The van der Waals surface area contributed by atoms with Crippen LogP contribution in [0.2, 0.25) is 0 Å². The summed E-state index contributed by atoms with van der Waals surface area (Å²) in [6.45, 7) is 10.8. The van der Waals surface area contributed by atoms with E-state index in [4.69, 9.17) is 33.5 Å². The van der Waals surface area contributed by atoms with E-state index in [1.807, 2.05) is 0 Å². The molecule has 1 rings (SSSR count). The molecule has 0 fully saturated rings. The molecule has 4 nitrogen and oxygen atoms in total. The van der Waals surface area contributed by atoms with E-state index < -0.39 is 0 Å². The molecule has 0 atom stereocenters. The first-order valence-electron chi connectivity index (χ1n) is 23.8. The van der Waals surface area contributed by atoms with Crippen molar-refractivity contribution in [3.63, 3.8) is 0 Å². The highest BCUT2D eigenvalue weighted by atomic mass is 16.5. The summed E-state index contributed by atoms with van der Waals surface area (Å²) in [5.41, 5.74) is 1.06. The average Bonchev–Trinajstić information content (AvgIpc) is 3.19. The smallest absolute Gasteiger partial charge is 0.203 e. The van der Waals surface area contributed by atoms with Gasteiger partial charge in [0.05, 0.1) is 19.8 Å². The van der Waals surface area contributed by atoms with Gasteiger partial charge in [0.1, 0.15) is 26.2 Å². The number of quaternary nitrogens is 1. The highest BCUT2D eigenvalue weighted by Gasteiger charge is 2.27. The van der Waals surface area contributed by atoms with Crippen LogP contribution in [0.15, 0.2) is 12.1 Å². The summed E-state index contributed by atoms with van der Waals surface area (Å²) in [4.78, 5) is 0. The van der Waals surface area contributed by atoms with Crippen LogP contribution >= 0.6 is 0 Å². The van der Waals surface area contributed by atoms with Crippen LogP contribution < -0.4 is 14.2 Å². The van der Waals surface area contributed by atoms with Crippen LogP contribution in [0.5, 0.6) is 17.2 Å². The normalized spacial score (nSPS) is 11.2. The van der Waals surface area contributed by atoms with E-state index in [2.05, 4.69) is 50.7 Å². The molecule has 0 bridgehead atoms. The summed E-state index contributed by atoms with van der Waals surface area (Å²) < 4.78 is 20.3. The first-order valence-corrected chi connectivity index (χ1v) is 23.8. The maximum absolute atomic E-state index is 6.62. The summed E-state index contributed by atoms with van der Waals surface area (Å²) in [6, 6.07) is 4.27. The Morgan fingerprint density at radius 3 is 0.946 bits per heavy atom. The molecule has 0 amide bonds. The molecule has 0 saturated heterocycles. The van der Waals surface area contributed by atoms with E-state index in [-0.39, 0.29) is 0 Å². The Hall–Kier alpha value is -2.74. The topological polar surface area (TPSA) is 27.7 Å². The highest BCUT2D eigenvalue weighted by Crippen LogP contribution is 2.40. The molecule has 0 unspecified atom stereocenters. The van der Waals surface area contributed by atoms with Gasteiger partial charge in [0, 0.05) is 5.56 Å². The molecule has 1 aromatic carbocycles. The number of hydrogen-bond donors (Lipinski definition) is 0. The van der Waals surface area contributed by atoms with E-state index in [0.717, 1.165) is 42.1 Å². The second-order valence-electron chi connectivity index (χ2n) is 16.6. The van der Waals surface area contributed by atoms with Crippen molar-refractivity contribution >= 4 is 0 Å². The molecule has 0 aliphatic heterocycles. The molecule has 4 heteroatoms. The van der Waals surface area contributed by atoms with Crippen molar-refractivity contribution in [2.45, 2.75) is 220 Å². The summed E-state index contributed by atoms with van der Waals surface area (Å²) in [6.07, 6.45) is 56.4. The van der Waals surface area contributed by atoms with Crippen LogP contribution in [0, 0.1) is 37.0 Å². The van der Waals surface area contributed by atoms with Gasteiger partial charge in [-0.3, -0.25) is 4.48 Å². The van der Waals surface area contributed by atoms with Crippen LogP contribution in [0.3, 0.4) is 0 Å². The predicted octanol–water partition coefficient (Wildman–Crippen LogP) is 14.8. The number of hydrogen-bond acceptors (Lipinski definition) is 3. The maximum Gasteiger partial charge on any atom is 0.203 e.